The van der Waals surface area contributed by atoms with Crippen molar-refractivity contribution in [1.29, 1.82) is 0 Å². The van der Waals surface area contributed by atoms with E-state index in [1.54, 1.807) is 0 Å². The van der Waals surface area contributed by atoms with Crippen molar-refractivity contribution in [2.24, 2.45) is 12.0 Å². The van der Waals surface area contributed by atoms with Gasteiger partial charge in [0.2, 0.25) is 0 Å². The van der Waals surface area contributed by atoms with Crippen LogP contribution in [0.4, 0.5) is 0 Å². The number of nitrogens with zero attached hydrogens (tertiary/aromatic N) is 5. The molecule has 0 bridgehead atoms. The Balaban J connectivity index is 1.54. The predicted octanol–water partition coefficient (Wildman–Crippen LogP) is 3.22. The zero-order valence-electron chi connectivity index (χ0n) is 18.7. The molecule has 7 heteroatoms. The topological polar surface area (TPSA) is 72.1 Å². The molecule has 0 atom stereocenters. The third kappa shape index (κ3) is 5.28. The van der Waals surface area contributed by atoms with Crippen LogP contribution in [0.25, 0.3) is 5.69 Å². The molecule has 0 saturated heterocycles. The first-order chi connectivity index (χ1) is 14.5. The van der Waals surface area contributed by atoms with Crippen LogP contribution in [0.1, 0.15) is 41.6 Å². The van der Waals surface area contributed by atoms with E-state index >= 15 is 0 Å². The number of benzene rings is 1. The van der Waals surface area contributed by atoms with Gasteiger partial charge in [0, 0.05) is 37.6 Å². The minimum atomic E-state index is 0.629. The fourth-order valence-electron chi connectivity index (χ4n) is 3.49. The molecule has 2 aromatic heterocycles. The standard InChI is InChI=1S/C23H33N7/c1-6-24-23(26-15-22-18(3)27-29(5)19(22)4)25-14-10-11-20-16-30(28-17(20)2)21-12-8-7-9-13-21/h7-9,12-13,16H,6,10-11,14-15H2,1-5H3,(H2,24,25,26). The maximum Gasteiger partial charge on any atom is 0.191 e. The Kier molecular flexibility index (Phi) is 7.27. The summed E-state index contributed by atoms with van der Waals surface area (Å²) in [7, 11) is 1.97. The summed E-state index contributed by atoms with van der Waals surface area (Å²) in [6.45, 7) is 10.6. The molecule has 0 saturated carbocycles. The van der Waals surface area contributed by atoms with Gasteiger partial charge in [-0.2, -0.15) is 10.2 Å². The quantitative estimate of drug-likeness (QED) is 0.342. The van der Waals surface area contributed by atoms with E-state index in [-0.39, 0.29) is 0 Å². The van der Waals surface area contributed by atoms with Gasteiger partial charge in [0.25, 0.3) is 0 Å². The van der Waals surface area contributed by atoms with E-state index in [1.165, 1.54) is 11.1 Å². The Morgan fingerprint density at radius 2 is 1.80 bits per heavy atom. The second-order valence-corrected chi connectivity index (χ2v) is 7.52. The molecule has 3 rings (SSSR count). The number of aromatic nitrogens is 4. The number of aryl methyl sites for hydroxylation is 4. The molecule has 0 radical (unpaired) electrons. The molecular weight excluding hydrogens is 374 g/mol. The van der Waals surface area contributed by atoms with Crippen molar-refractivity contribution in [1.82, 2.24) is 30.2 Å². The molecule has 0 aliphatic carbocycles. The highest BCUT2D eigenvalue weighted by Gasteiger charge is 2.09. The number of para-hydroxylation sites is 1. The summed E-state index contributed by atoms with van der Waals surface area (Å²) in [6.07, 6.45) is 4.13. The third-order valence-electron chi connectivity index (χ3n) is 5.34. The first-order valence-electron chi connectivity index (χ1n) is 10.6. The molecule has 0 aliphatic rings. The highest BCUT2D eigenvalue weighted by Crippen LogP contribution is 2.14. The number of guanidine groups is 1. The van der Waals surface area contributed by atoms with Gasteiger partial charge in [0.15, 0.2) is 5.96 Å². The molecule has 1 aromatic carbocycles. The highest BCUT2D eigenvalue weighted by atomic mass is 15.3. The number of rotatable bonds is 8. The molecule has 7 nitrogen and oxygen atoms in total. The van der Waals surface area contributed by atoms with Crippen LogP contribution in [0.5, 0.6) is 0 Å². The Labute approximate surface area is 179 Å². The second kappa shape index (κ2) is 10.1. The highest BCUT2D eigenvalue weighted by molar-refractivity contribution is 5.79. The van der Waals surface area contributed by atoms with Gasteiger partial charge >= 0.3 is 0 Å². The zero-order valence-corrected chi connectivity index (χ0v) is 18.7. The van der Waals surface area contributed by atoms with Crippen molar-refractivity contribution in [3.63, 3.8) is 0 Å². The minimum Gasteiger partial charge on any atom is -0.357 e. The van der Waals surface area contributed by atoms with Crippen LogP contribution in [-0.2, 0) is 20.0 Å². The summed E-state index contributed by atoms with van der Waals surface area (Å²) >= 11 is 0. The molecule has 160 valence electrons. The largest absolute Gasteiger partial charge is 0.357 e. The van der Waals surface area contributed by atoms with E-state index in [9.17, 15) is 0 Å². The van der Waals surface area contributed by atoms with E-state index in [4.69, 9.17) is 4.99 Å². The van der Waals surface area contributed by atoms with Crippen molar-refractivity contribution >= 4 is 5.96 Å². The van der Waals surface area contributed by atoms with E-state index in [0.717, 1.165) is 54.7 Å². The number of hydrogen-bond donors (Lipinski definition) is 2. The molecule has 0 amide bonds. The van der Waals surface area contributed by atoms with Gasteiger partial charge in [0.1, 0.15) is 0 Å². The van der Waals surface area contributed by atoms with Crippen molar-refractivity contribution in [2.45, 2.75) is 47.1 Å². The summed E-state index contributed by atoms with van der Waals surface area (Å²) in [5.41, 5.74) is 6.86. The van der Waals surface area contributed by atoms with Gasteiger partial charge < -0.3 is 10.6 Å². The Morgan fingerprint density at radius 1 is 1.03 bits per heavy atom. The summed E-state index contributed by atoms with van der Waals surface area (Å²) in [6, 6.07) is 10.2. The summed E-state index contributed by atoms with van der Waals surface area (Å²) in [5, 5.41) is 15.9. The first-order valence-corrected chi connectivity index (χ1v) is 10.6. The first kappa shape index (κ1) is 21.6. The van der Waals surface area contributed by atoms with Crippen molar-refractivity contribution < 1.29 is 0 Å². The Bertz CT molecular complexity index is 983. The molecule has 30 heavy (non-hydrogen) atoms. The molecule has 2 heterocycles. The molecule has 2 N–H and O–H groups in total. The summed E-state index contributed by atoms with van der Waals surface area (Å²) in [5.74, 6) is 0.844. The van der Waals surface area contributed by atoms with E-state index < -0.39 is 0 Å². The molecule has 0 unspecified atom stereocenters. The van der Waals surface area contributed by atoms with Crippen LogP contribution < -0.4 is 10.6 Å². The van der Waals surface area contributed by atoms with Crippen molar-refractivity contribution in [3.05, 3.63) is 64.7 Å². The van der Waals surface area contributed by atoms with Gasteiger partial charge in [-0.1, -0.05) is 18.2 Å². The van der Waals surface area contributed by atoms with Gasteiger partial charge in [0.05, 0.1) is 23.6 Å². The van der Waals surface area contributed by atoms with Crippen LogP contribution in [0, 0.1) is 20.8 Å². The van der Waals surface area contributed by atoms with E-state index in [1.807, 2.05) is 41.5 Å². The maximum atomic E-state index is 4.75. The van der Waals surface area contributed by atoms with Crippen LogP contribution in [0.3, 0.4) is 0 Å². The molecule has 3 aromatic rings. The fourth-order valence-corrected chi connectivity index (χ4v) is 3.49. The Hall–Kier alpha value is -3.09. The van der Waals surface area contributed by atoms with Gasteiger partial charge in [-0.25, -0.2) is 9.67 Å². The number of aliphatic imine (C=N–C) groups is 1. The average molecular weight is 408 g/mol. The molecule has 0 spiro atoms. The second-order valence-electron chi connectivity index (χ2n) is 7.52. The number of nitrogens with one attached hydrogen (secondary N) is 2. The fraction of sp³-hybridized carbons (Fsp3) is 0.435. The third-order valence-corrected chi connectivity index (χ3v) is 5.34. The lowest BCUT2D eigenvalue weighted by molar-refractivity contribution is 0.729. The van der Waals surface area contributed by atoms with Gasteiger partial charge in [-0.15, -0.1) is 0 Å². The van der Waals surface area contributed by atoms with Crippen LogP contribution >= 0.6 is 0 Å². The lowest BCUT2D eigenvalue weighted by Crippen LogP contribution is -2.37. The van der Waals surface area contributed by atoms with Crippen molar-refractivity contribution in [2.75, 3.05) is 13.1 Å². The smallest absolute Gasteiger partial charge is 0.191 e. The lowest BCUT2D eigenvalue weighted by Gasteiger charge is -2.11. The molecular formula is C23H33N7. The summed E-state index contributed by atoms with van der Waals surface area (Å²) < 4.78 is 3.88. The van der Waals surface area contributed by atoms with Crippen LogP contribution in [0.15, 0.2) is 41.5 Å². The Morgan fingerprint density at radius 3 is 2.47 bits per heavy atom. The van der Waals surface area contributed by atoms with Crippen LogP contribution in [-0.4, -0.2) is 38.6 Å². The predicted molar refractivity (Wildman–Crippen MR) is 122 cm³/mol. The normalized spacial score (nSPS) is 11.7. The number of hydrogen-bond acceptors (Lipinski definition) is 3. The van der Waals surface area contributed by atoms with Crippen LogP contribution in [0.2, 0.25) is 0 Å². The average Bonchev–Trinajstić information content (AvgIpc) is 3.23. The molecule has 0 aliphatic heterocycles. The minimum absolute atomic E-state index is 0.629. The molecule has 0 fully saturated rings. The van der Waals surface area contributed by atoms with Gasteiger partial charge in [-0.05, 0) is 58.2 Å². The van der Waals surface area contributed by atoms with Gasteiger partial charge in [-0.3, -0.25) is 4.68 Å². The maximum absolute atomic E-state index is 4.75. The monoisotopic (exact) mass is 407 g/mol. The summed E-state index contributed by atoms with van der Waals surface area (Å²) in [4.78, 5) is 4.75. The lowest BCUT2D eigenvalue weighted by atomic mass is 10.1. The SMILES string of the molecule is CCNC(=NCc1c(C)nn(C)c1C)NCCCc1cn(-c2ccccc2)nc1C. The van der Waals surface area contributed by atoms with Crippen molar-refractivity contribution in [3.8, 4) is 5.69 Å². The zero-order chi connectivity index (χ0) is 21.5. The van der Waals surface area contributed by atoms with E-state index in [0.29, 0.717) is 6.54 Å². The van der Waals surface area contributed by atoms with E-state index in [2.05, 4.69) is 59.9 Å².